The standard InChI is InChI=1S/C20H20ClN3O/c1-15(17-8-10-18(21)11-9-17)23-20(25)12-7-16-13-22-24(14-16)19-5-3-2-4-6-19/h2-6,8-11,13-15H,7,12H2,1H3,(H,23,25). The van der Waals surface area contributed by atoms with Crippen LogP contribution >= 0.6 is 11.6 Å². The van der Waals surface area contributed by atoms with E-state index in [1.165, 1.54) is 0 Å². The van der Waals surface area contributed by atoms with Gasteiger partial charge in [-0.2, -0.15) is 5.10 Å². The number of hydrogen-bond acceptors (Lipinski definition) is 2. The fraction of sp³-hybridized carbons (Fsp3) is 0.200. The molecule has 5 heteroatoms. The van der Waals surface area contributed by atoms with E-state index in [-0.39, 0.29) is 11.9 Å². The molecule has 0 radical (unpaired) electrons. The SMILES string of the molecule is CC(NC(=O)CCc1cnn(-c2ccccc2)c1)c1ccc(Cl)cc1. The zero-order valence-corrected chi connectivity index (χ0v) is 14.8. The summed E-state index contributed by atoms with van der Waals surface area (Å²) in [6, 6.07) is 17.4. The molecule has 0 fully saturated rings. The molecule has 4 nitrogen and oxygen atoms in total. The van der Waals surface area contributed by atoms with Crippen molar-refractivity contribution in [3.05, 3.63) is 83.1 Å². The number of para-hydroxylation sites is 1. The molecule has 0 bridgehead atoms. The van der Waals surface area contributed by atoms with E-state index in [0.29, 0.717) is 17.9 Å². The molecule has 3 aromatic rings. The van der Waals surface area contributed by atoms with Crippen LogP contribution in [0.1, 0.15) is 30.5 Å². The maximum Gasteiger partial charge on any atom is 0.220 e. The van der Waals surface area contributed by atoms with Gasteiger partial charge in [0.25, 0.3) is 0 Å². The van der Waals surface area contributed by atoms with Gasteiger partial charge in [0, 0.05) is 17.6 Å². The van der Waals surface area contributed by atoms with Crippen LogP contribution in [0.15, 0.2) is 67.0 Å². The topological polar surface area (TPSA) is 46.9 Å². The van der Waals surface area contributed by atoms with Gasteiger partial charge in [-0.25, -0.2) is 4.68 Å². The molecule has 0 saturated carbocycles. The number of hydrogen-bond donors (Lipinski definition) is 1. The Hall–Kier alpha value is -2.59. The summed E-state index contributed by atoms with van der Waals surface area (Å²) in [7, 11) is 0. The number of rotatable bonds is 6. The van der Waals surface area contributed by atoms with Gasteiger partial charge in [0.2, 0.25) is 5.91 Å². The Morgan fingerprint density at radius 3 is 2.60 bits per heavy atom. The first kappa shape index (κ1) is 17.2. The molecule has 3 rings (SSSR count). The highest BCUT2D eigenvalue weighted by Crippen LogP contribution is 2.16. The second kappa shape index (κ2) is 7.99. The third-order valence-corrected chi connectivity index (χ3v) is 4.30. The van der Waals surface area contributed by atoms with Crippen molar-refractivity contribution in [2.24, 2.45) is 0 Å². The molecule has 128 valence electrons. The van der Waals surface area contributed by atoms with E-state index < -0.39 is 0 Å². The fourth-order valence-electron chi connectivity index (χ4n) is 2.62. The lowest BCUT2D eigenvalue weighted by atomic mass is 10.1. The Bertz CT molecular complexity index is 828. The van der Waals surface area contributed by atoms with Gasteiger partial charge >= 0.3 is 0 Å². The summed E-state index contributed by atoms with van der Waals surface area (Å²) >= 11 is 5.89. The van der Waals surface area contributed by atoms with Gasteiger partial charge in [0.1, 0.15) is 0 Å². The van der Waals surface area contributed by atoms with E-state index in [0.717, 1.165) is 16.8 Å². The minimum atomic E-state index is -0.0446. The zero-order valence-electron chi connectivity index (χ0n) is 14.0. The Labute approximate surface area is 152 Å². The highest BCUT2D eigenvalue weighted by Gasteiger charge is 2.10. The van der Waals surface area contributed by atoms with Crippen molar-refractivity contribution in [1.82, 2.24) is 15.1 Å². The van der Waals surface area contributed by atoms with Gasteiger partial charge in [-0.1, -0.05) is 41.9 Å². The summed E-state index contributed by atoms with van der Waals surface area (Å²) in [4.78, 5) is 12.2. The molecule has 1 atom stereocenters. The molecule has 25 heavy (non-hydrogen) atoms. The number of nitrogens with one attached hydrogen (secondary N) is 1. The number of amides is 1. The number of carbonyl (C=O) groups is 1. The summed E-state index contributed by atoms with van der Waals surface area (Å²) in [6.45, 7) is 1.97. The van der Waals surface area contributed by atoms with Crippen molar-refractivity contribution in [2.75, 3.05) is 0 Å². The smallest absolute Gasteiger partial charge is 0.220 e. The maximum absolute atomic E-state index is 12.2. The first-order valence-electron chi connectivity index (χ1n) is 8.25. The minimum absolute atomic E-state index is 0.0231. The fourth-order valence-corrected chi connectivity index (χ4v) is 2.74. The van der Waals surface area contributed by atoms with Crippen molar-refractivity contribution >= 4 is 17.5 Å². The summed E-state index contributed by atoms with van der Waals surface area (Å²) in [5, 5.41) is 8.06. The third-order valence-electron chi connectivity index (χ3n) is 4.05. The van der Waals surface area contributed by atoms with Crippen LogP contribution in [0.4, 0.5) is 0 Å². The first-order chi connectivity index (χ1) is 12.1. The second-order valence-electron chi connectivity index (χ2n) is 5.97. The lowest BCUT2D eigenvalue weighted by molar-refractivity contribution is -0.121. The normalized spacial score (nSPS) is 11.9. The van der Waals surface area contributed by atoms with Crippen LogP contribution in [0.25, 0.3) is 5.69 Å². The van der Waals surface area contributed by atoms with Gasteiger partial charge in [0.15, 0.2) is 0 Å². The number of carbonyl (C=O) groups excluding carboxylic acids is 1. The maximum atomic E-state index is 12.2. The molecule has 0 aliphatic rings. The average molecular weight is 354 g/mol. The highest BCUT2D eigenvalue weighted by atomic mass is 35.5. The van der Waals surface area contributed by atoms with Crippen molar-refractivity contribution in [3.63, 3.8) is 0 Å². The lowest BCUT2D eigenvalue weighted by Crippen LogP contribution is -2.26. The Balaban J connectivity index is 1.52. The zero-order chi connectivity index (χ0) is 17.6. The molecule has 1 heterocycles. The van der Waals surface area contributed by atoms with Gasteiger partial charge < -0.3 is 5.32 Å². The van der Waals surface area contributed by atoms with E-state index in [9.17, 15) is 4.79 Å². The van der Waals surface area contributed by atoms with E-state index >= 15 is 0 Å². The molecule has 1 aromatic heterocycles. The molecule has 1 N–H and O–H groups in total. The number of nitrogens with zero attached hydrogens (tertiary/aromatic N) is 2. The molecule has 0 aliphatic heterocycles. The van der Waals surface area contributed by atoms with E-state index in [1.807, 2.05) is 78.6 Å². The Morgan fingerprint density at radius 2 is 1.88 bits per heavy atom. The second-order valence-corrected chi connectivity index (χ2v) is 6.41. The van der Waals surface area contributed by atoms with Crippen LogP contribution in [0, 0.1) is 0 Å². The van der Waals surface area contributed by atoms with E-state index in [2.05, 4.69) is 10.4 Å². The van der Waals surface area contributed by atoms with E-state index in [4.69, 9.17) is 11.6 Å². The molecule has 0 spiro atoms. The average Bonchev–Trinajstić information content (AvgIpc) is 3.10. The van der Waals surface area contributed by atoms with Crippen LogP contribution in [-0.4, -0.2) is 15.7 Å². The Kier molecular flexibility index (Phi) is 5.51. The first-order valence-corrected chi connectivity index (χ1v) is 8.63. The monoisotopic (exact) mass is 353 g/mol. The van der Waals surface area contributed by atoms with Crippen molar-refractivity contribution in [1.29, 1.82) is 0 Å². The number of aryl methyl sites for hydroxylation is 1. The largest absolute Gasteiger partial charge is 0.350 e. The summed E-state index contributed by atoms with van der Waals surface area (Å²) in [6.07, 6.45) is 4.86. The van der Waals surface area contributed by atoms with E-state index in [1.54, 1.807) is 0 Å². The van der Waals surface area contributed by atoms with Crippen LogP contribution in [0.5, 0.6) is 0 Å². The Morgan fingerprint density at radius 1 is 1.16 bits per heavy atom. The highest BCUT2D eigenvalue weighted by molar-refractivity contribution is 6.30. The quantitative estimate of drug-likeness (QED) is 0.716. The minimum Gasteiger partial charge on any atom is -0.350 e. The third kappa shape index (κ3) is 4.70. The van der Waals surface area contributed by atoms with Gasteiger partial charge in [-0.05, 0) is 48.7 Å². The van der Waals surface area contributed by atoms with Crippen molar-refractivity contribution in [3.8, 4) is 5.69 Å². The van der Waals surface area contributed by atoms with Crippen molar-refractivity contribution < 1.29 is 4.79 Å². The summed E-state index contributed by atoms with van der Waals surface area (Å²) < 4.78 is 1.82. The molecule has 1 unspecified atom stereocenters. The van der Waals surface area contributed by atoms with Crippen LogP contribution in [0.2, 0.25) is 5.02 Å². The lowest BCUT2D eigenvalue weighted by Gasteiger charge is -2.14. The number of aromatic nitrogens is 2. The summed E-state index contributed by atoms with van der Waals surface area (Å²) in [5.74, 6) is 0.0231. The predicted molar refractivity (Wildman–Crippen MR) is 99.9 cm³/mol. The number of benzene rings is 2. The van der Waals surface area contributed by atoms with Crippen LogP contribution < -0.4 is 5.32 Å². The van der Waals surface area contributed by atoms with Gasteiger partial charge in [-0.3, -0.25) is 4.79 Å². The molecule has 1 amide bonds. The predicted octanol–water partition coefficient (Wildman–Crippen LogP) is 4.34. The molecule has 0 aliphatic carbocycles. The molecule has 0 saturated heterocycles. The van der Waals surface area contributed by atoms with Crippen molar-refractivity contribution in [2.45, 2.75) is 25.8 Å². The molecular weight excluding hydrogens is 334 g/mol. The van der Waals surface area contributed by atoms with Gasteiger partial charge in [-0.15, -0.1) is 0 Å². The van der Waals surface area contributed by atoms with Crippen LogP contribution in [0.3, 0.4) is 0 Å². The molecular formula is C20H20ClN3O. The van der Waals surface area contributed by atoms with Crippen LogP contribution in [-0.2, 0) is 11.2 Å². The van der Waals surface area contributed by atoms with Gasteiger partial charge in [0.05, 0.1) is 17.9 Å². The number of halogens is 1. The molecule has 2 aromatic carbocycles. The summed E-state index contributed by atoms with van der Waals surface area (Å²) in [5.41, 5.74) is 3.09.